The number of rotatable bonds is 8. The van der Waals surface area contributed by atoms with Crippen molar-refractivity contribution in [1.82, 2.24) is 15.2 Å². The van der Waals surface area contributed by atoms with E-state index in [2.05, 4.69) is 33.4 Å². The van der Waals surface area contributed by atoms with E-state index >= 15 is 0 Å². The lowest BCUT2D eigenvalue weighted by atomic mass is 9.97. The maximum Gasteiger partial charge on any atom is 0.252 e. The number of pyridine rings is 1. The molecule has 1 amide bonds. The Balaban J connectivity index is 1.64. The minimum atomic E-state index is -0.472. The summed E-state index contributed by atoms with van der Waals surface area (Å²) in [5.41, 5.74) is 9.68. The molecule has 2 aromatic heterocycles. The number of nitrogens with two attached hydrogens (primary N) is 1. The molecule has 0 spiro atoms. The molecule has 0 saturated heterocycles. The van der Waals surface area contributed by atoms with Crippen molar-refractivity contribution in [3.8, 4) is 5.75 Å². The second kappa shape index (κ2) is 8.78. The van der Waals surface area contributed by atoms with Crippen molar-refractivity contribution in [1.29, 1.82) is 0 Å². The van der Waals surface area contributed by atoms with Gasteiger partial charge in [0.25, 0.3) is 5.91 Å². The molecule has 6 heteroatoms. The molecule has 6 nitrogen and oxygen atoms in total. The van der Waals surface area contributed by atoms with Gasteiger partial charge < -0.3 is 10.5 Å². The van der Waals surface area contributed by atoms with E-state index in [-0.39, 0.29) is 0 Å². The first-order chi connectivity index (χ1) is 14.7. The number of carbonyl (C=O) groups is 1. The van der Waals surface area contributed by atoms with Crippen LogP contribution in [0.15, 0.2) is 60.9 Å². The average molecular weight is 400 g/mol. The van der Waals surface area contributed by atoms with E-state index in [9.17, 15) is 4.79 Å². The van der Waals surface area contributed by atoms with Crippen molar-refractivity contribution in [2.24, 2.45) is 5.73 Å². The normalized spacial score (nSPS) is 11.0. The molecule has 0 aliphatic heterocycles. The highest BCUT2D eigenvalue weighted by atomic mass is 16.5. The first kappa shape index (κ1) is 19.6. The summed E-state index contributed by atoms with van der Waals surface area (Å²) >= 11 is 0. The van der Waals surface area contributed by atoms with Crippen molar-refractivity contribution in [2.75, 3.05) is 6.61 Å². The molecule has 2 aromatic carbocycles. The van der Waals surface area contributed by atoms with Gasteiger partial charge in [0.05, 0.1) is 23.6 Å². The number of aromatic nitrogens is 3. The lowest BCUT2D eigenvalue weighted by molar-refractivity contribution is 0.0998. The maximum atomic E-state index is 12.2. The van der Waals surface area contributed by atoms with Crippen molar-refractivity contribution in [2.45, 2.75) is 26.2 Å². The number of primary amides is 1. The van der Waals surface area contributed by atoms with Crippen molar-refractivity contribution >= 4 is 16.7 Å². The Morgan fingerprint density at radius 1 is 1.10 bits per heavy atom. The van der Waals surface area contributed by atoms with Gasteiger partial charge in [0.2, 0.25) is 0 Å². The molecule has 0 aliphatic rings. The zero-order valence-corrected chi connectivity index (χ0v) is 16.9. The van der Waals surface area contributed by atoms with Crippen LogP contribution in [0.2, 0.25) is 0 Å². The number of hydrogen-bond acceptors (Lipinski definition) is 4. The number of nitrogens with zero attached hydrogens (tertiary/aromatic N) is 2. The van der Waals surface area contributed by atoms with Crippen molar-refractivity contribution in [3.63, 3.8) is 0 Å². The van der Waals surface area contributed by atoms with Crippen LogP contribution >= 0.6 is 0 Å². The van der Waals surface area contributed by atoms with Gasteiger partial charge in [0, 0.05) is 24.4 Å². The predicted molar refractivity (Wildman–Crippen MR) is 117 cm³/mol. The Morgan fingerprint density at radius 3 is 2.73 bits per heavy atom. The number of aryl methyl sites for hydroxylation is 2. The van der Waals surface area contributed by atoms with E-state index in [4.69, 9.17) is 10.5 Å². The van der Waals surface area contributed by atoms with Crippen LogP contribution < -0.4 is 10.5 Å². The van der Waals surface area contributed by atoms with E-state index in [1.54, 1.807) is 12.4 Å². The molecule has 0 atom stereocenters. The third kappa shape index (κ3) is 4.03. The number of amides is 1. The van der Waals surface area contributed by atoms with Crippen LogP contribution in [-0.2, 0) is 19.3 Å². The topological polar surface area (TPSA) is 93.9 Å². The molecular weight excluding hydrogens is 376 g/mol. The number of aromatic amines is 1. The average Bonchev–Trinajstić information content (AvgIpc) is 3.16. The van der Waals surface area contributed by atoms with Gasteiger partial charge in [-0.3, -0.25) is 14.9 Å². The summed E-state index contributed by atoms with van der Waals surface area (Å²) in [6.45, 7) is 2.57. The summed E-state index contributed by atoms with van der Waals surface area (Å²) in [5, 5.41) is 9.73. The van der Waals surface area contributed by atoms with Crippen LogP contribution in [-0.4, -0.2) is 27.7 Å². The standard InChI is InChI=1S/C24H24N4O2/c1-2-30-22-12-9-17-7-3-4-8-18(17)19(22)10-11-20-23(24(25)29)21(28-27-20)14-16-6-5-13-26-15-16/h3-9,12-13,15H,2,10-11,14H2,1H3,(H2,25,29)(H,27,28). The molecule has 0 aliphatic carbocycles. The highest BCUT2D eigenvalue weighted by Gasteiger charge is 2.19. The molecule has 0 saturated carbocycles. The van der Waals surface area contributed by atoms with Crippen LogP contribution in [0.25, 0.3) is 10.8 Å². The van der Waals surface area contributed by atoms with Crippen molar-refractivity contribution < 1.29 is 9.53 Å². The molecule has 4 aromatic rings. The highest BCUT2D eigenvalue weighted by molar-refractivity contribution is 5.95. The fourth-order valence-corrected chi connectivity index (χ4v) is 3.84. The Morgan fingerprint density at radius 2 is 1.97 bits per heavy atom. The summed E-state index contributed by atoms with van der Waals surface area (Å²) in [6.07, 6.45) is 5.29. The van der Waals surface area contributed by atoms with E-state index in [0.29, 0.717) is 42.8 Å². The van der Waals surface area contributed by atoms with E-state index in [0.717, 1.165) is 27.6 Å². The molecule has 152 valence electrons. The predicted octanol–water partition coefficient (Wildman–Crippen LogP) is 3.83. The van der Waals surface area contributed by atoms with Crippen LogP contribution in [0, 0.1) is 0 Å². The lowest BCUT2D eigenvalue weighted by Gasteiger charge is -2.13. The minimum Gasteiger partial charge on any atom is -0.494 e. The minimum absolute atomic E-state index is 0.469. The largest absolute Gasteiger partial charge is 0.494 e. The van der Waals surface area contributed by atoms with Crippen LogP contribution in [0.4, 0.5) is 0 Å². The molecule has 0 fully saturated rings. The second-order valence-corrected chi connectivity index (χ2v) is 7.12. The lowest BCUT2D eigenvalue weighted by Crippen LogP contribution is -2.15. The third-order valence-electron chi connectivity index (χ3n) is 5.18. The molecule has 30 heavy (non-hydrogen) atoms. The van der Waals surface area contributed by atoms with Gasteiger partial charge in [0.1, 0.15) is 5.75 Å². The molecule has 4 rings (SSSR count). The Kier molecular flexibility index (Phi) is 5.75. The summed E-state index contributed by atoms with van der Waals surface area (Å²) in [5.74, 6) is 0.392. The smallest absolute Gasteiger partial charge is 0.252 e. The summed E-state index contributed by atoms with van der Waals surface area (Å²) in [4.78, 5) is 16.3. The fraction of sp³-hybridized carbons (Fsp3) is 0.208. The van der Waals surface area contributed by atoms with Crippen molar-refractivity contribution in [3.05, 3.63) is 89.0 Å². The molecule has 2 heterocycles. The monoisotopic (exact) mass is 400 g/mol. The summed E-state index contributed by atoms with van der Waals surface area (Å²) in [7, 11) is 0. The van der Waals surface area contributed by atoms with E-state index in [1.807, 2.05) is 37.3 Å². The first-order valence-electron chi connectivity index (χ1n) is 10.1. The Bertz CT molecular complexity index is 1170. The quantitative estimate of drug-likeness (QED) is 0.470. The summed E-state index contributed by atoms with van der Waals surface area (Å²) in [6, 6.07) is 16.1. The number of carbonyl (C=O) groups excluding carboxylic acids is 1. The Labute approximate surface area is 175 Å². The van der Waals surface area contributed by atoms with Gasteiger partial charge >= 0.3 is 0 Å². The maximum absolute atomic E-state index is 12.2. The molecular formula is C24H24N4O2. The number of hydrogen-bond donors (Lipinski definition) is 2. The van der Waals surface area contributed by atoms with Gasteiger partial charge in [-0.25, -0.2) is 0 Å². The third-order valence-corrected chi connectivity index (χ3v) is 5.18. The number of nitrogens with one attached hydrogen (secondary N) is 1. The molecule has 0 radical (unpaired) electrons. The SMILES string of the molecule is CCOc1ccc2ccccc2c1CCc1n[nH]c(Cc2cccnc2)c1C(N)=O. The fourth-order valence-electron chi connectivity index (χ4n) is 3.84. The highest BCUT2D eigenvalue weighted by Crippen LogP contribution is 2.30. The first-order valence-corrected chi connectivity index (χ1v) is 10.1. The Hall–Kier alpha value is -3.67. The molecule has 0 bridgehead atoms. The van der Waals surface area contributed by atoms with E-state index in [1.165, 1.54) is 0 Å². The van der Waals surface area contributed by atoms with Crippen LogP contribution in [0.1, 0.15) is 39.8 Å². The number of benzene rings is 2. The molecule has 3 N–H and O–H groups in total. The number of fused-ring (bicyclic) bond motifs is 1. The zero-order valence-electron chi connectivity index (χ0n) is 16.9. The van der Waals surface area contributed by atoms with Gasteiger partial charge in [0.15, 0.2) is 0 Å². The zero-order chi connectivity index (χ0) is 20.9. The number of ether oxygens (including phenoxy) is 1. The number of H-pyrrole nitrogens is 1. The van der Waals surface area contributed by atoms with Gasteiger partial charge in [-0.1, -0.05) is 36.4 Å². The molecule has 0 unspecified atom stereocenters. The van der Waals surface area contributed by atoms with Gasteiger partial charge in [-0.15, -0.1) is 0 Å². The van der Waals surface area contributed by atoms with Gasteiger partial charge in [-0.05, 0) is 48.2 Å². The second-order valence-electron chi connectivity index (χ2n) is 7.12. The van der Waals surface area contributed by atoms with Crippen LogP contribution in [0.3, 0.4) is 0 Å². The van der Waals surface area contributed by atoms with E-state index < -0.39 is 5.91 Å². The summed E-state index contributed by atoms with van der Waals surface area (Å²) < 4.78 is 5.87. The van der Waals surface area contributed by atoms with Crippen LogP contribution in [0.5, 0.6) is 5.75 Å². The van der Waals surface area contributed by atoms with Gasteiger partial charge in [-0.2, -0.15) is 5.10 Å².